The summed E-state index contributed by atoms with van der Waals surface area (Å²) in [7, 11) is -0.467. The Morgan fingerprint density at radius 3 is 1.08 bits per heavy atom. The van der Waals surface area contributed by atoms with Crippen LogP contribution in [0.5, 0.6) is 23.0 Å². The molecule has 2 nitrogen and oxygen atoms in total. The fraction of sp³-hybridized carbons (Fsp3) is 0. The molecule has 0 spiro atoms. The van der Waals surface area contributed by atoms with Crippen molar-refractivity contribution in [2.75, 3.05) is 0 Å². The topological polar surface area (TPSA) is 18.5 Å². The Morgan fingerprint density at radius 1 is 0.417 bits per heavy atom. The van der Waals surface area contributed by atoms with Crippen molar-refractivity contribution >= 4 is 33.5 Å². The van der Waals surface area contributed by atoms with Gasteiger partial charge in [0.25, 0.3) is 0 Å². The van der Waals surface area contributed by atoms with Crippen LogP contribution >= 0.6 is 22.6 Å². The van der Waals surface area contributed by atoms with Crippen LogP contribution < -0.4 is 9.47 Å². The summed E-state index contributed by atoms with van der Waals surface area (Å²) in [4.78, 5) is 3.12. The third kappa shape index (κ3) is 6.06. The van der Waals surface area contributed by atoms with Crippen LogP contribution in [0.25, 0.3) is 0 Å². The fourth-order valence-corrected chi connectivity index (χ4v) is 5.94. The number of hydrogen-bond donors (Lipinski definition) is 0. The van der Waals surface area contributed by atoms with Crippen molar-refractivity contribution < 1.29 is 18.3 Å². The van der Waals surface area contributed by atoms with E-state index in [0.29, 0.717) is 11.5 Å². The van der Waals surface area contributed by atoms with E-state index in [9.17, 15) is 8.78 Å². The molecule has 0 fully saturated rings. The molecule has 5 aromatic carbocycles. The third-order valence-electron chi connectivity index (χ3n) is 5.27. The van der Waals surface area contributed by atoms with Gasteiger partial charge in [-0.3, -0.25) is 0 Å². The average molecular weight is 609 g/mol. The van der Waals surface area contributed by atoms with E-state index in [1.807, 2.05) is 84.9 Å². The number of ether oxygens (including phenoxy) is 2. The Bertz CT molecular complexity index is 1330. The van der Waals surface area contributed by atoms with E-state index in [-0.39, 0.29) is 11.6 Å². The largest absolute Gasteiger partial charge is 0.457 e. The first-order valence-corrected chi connectivity index (χ1v) is 13.4. The van der Waals surface area contributed by atoms with E-state index in [1.54, 1.807) is 12.1 Å². The van der Waals surface area contributed by atoms with E-state index in [2.05, 4.69) is 22.6 Å². The first kappa shape index (κ1) is 24.3. The lowest BCUT2D eigenvalue weighted by Crippen LogP contribution is -2.05. The Labute approximate surface area is 225 Å². The quantitative estimate of drug-likeness (QED) is 0.135. The molecule has 0 aromatic heterocycles. The maximum atomic E-state index is 13.7. The first-order valence-electron chi connectivity index (χ1n) is 11.1. The second kappa shape index (κ2) is 11.1. The first-order chi connectivity index (χ1) is 17.5. The van der Waals surface area contributed by atoms with Crippen LogP contribution in [0.4, 0.5) is 8.78 Å². The predicted molar refractivity (Wildman–Crippen MR) is 147 cm³/mol. The summed E-state index contributed by atoms with van der Waals surface area (Å²) in [6.07, 6.45) is 0. The molecular formula is C30H20F2IO2S+. The van der Waals surface area contributed by atoms with Crippen LogP contribution in [-0.4, -0.2) is 0 Å². The summed E-state index contributed by atoms with van der Waals surface area (Å²) >= 11 is 2.26. The molecule has 1 atom stereocenters. The van der Waals surface area contributed by atoms with E-state index in [4.69, 9.17) is 9.47 Å². The second-order valence-corrected chi connectivity index (χ2v) is 11.1. The number of hydrogen-bond acceptors (Lipinski definition) is 2. The second-order valence-electron chi connectivity index (χ2n) is 7.81. The minimum atomic E-state index is -0.467. The monoisotopic (exact) mass is 609 g/mol. The fourth-order valence-electron chi connectivity index (χ4n) is 3.54. The van der Waals surface area contributed by atoms with Crippen LogP contribution in [-0.2, 0) is 10.9 Å². The zero-order valence-corrected chi connectivity index (χ0v) is 21.9. The van der Waals surface area contributed by atoms with Gasteiger partial charge in [-0.25, -0.2) is 8.78 Å². The van der Waals surface area contributed by atoms with Gasteiger partial charge in [-0.15, -0.1) is 0 Å². The molecule has 0 aliphatic rings. The highest BCUT2D eigenvalue weighted by Gasteiger charge is 2.29. The van der Waals surface area contributed by atoms with Gasteiger partial charge in [0.15, 0.2) is 14.7 Å². The molecule has 178 valence electrons. The van der Waals surface area contributed by atoms with Crippen molar-refractivity contribution in [3.8, 4) is 23.0 Å². The maximum Gasteiger partial charge on any atom is 0.166 e. The third-order valence-corrected chi connectivity index (χ3v) is 8.22. The summed E-state index contributed by atoms with van der Waals surface area (Å²) in [5, 5.41) is 0. The Morgan fingerprint density at radius 2 is 0.694 bits per heavy atom. The normalized spacial score (nSPS) is 11.6. The SMILES string of the molecule is Fc1ccc(Oc2ccc([S+](c3ccc(F)cc3)c3ccc(Oc4ccc(I)cc4)cc3)cc2)cc1. The highest BCUT2D eigenvalue weighted by Crippen LogP contribution is 2.34. The Balaban J connectivity index is 1.41. The summed E-state index contributed by atoms with van der Waals surface area (Å²) in [6.45, 7) is 0. The summed E-state index contributed by atoms with van der Waals surface area (Å²) in [5.41, 5.74) is 0. The highest BCUT2D eigenvalue weighted by atomic mass is 127. The molecule has 36 heavy (non-hydrogen) atoms. The molecule has 0 saturated carbocycles. The van der Waals surface area contributed by atoms with Crippen molar-refractivity contribution in [3.63, 3.8) is 0 Å². The molecule has 0 N–H and O–H groups in total. The standard InChI is InChI=1S/C30H20F2IO2S/c31-21-1-7-24(8-2-21)34-26-11-17-29(18-12-26)36(28-15-3-22(32)4-16-28)30-19-13-27(14-20-30)35-25-9-5-23(33)6-10-25/h1-20H/q+1. The molecule has 0 radical (unpaired) electrons. The smallest absolute Gasteiger partial charge is 0.166 e. The van der Waals surface area contributed by atoms with E-state index in [0.717, 1.165) is 29.8 Å². The lowest BCUT2D eigenvalue weighted by Gasteiger charge is -2.11. The predicted octanol–water partition coefficient (Wildman–Crippen LogP) is 9.25. The van der Waals surface area contributed by atoms with Gasteiger partial charge in [0.05, 0.1) is 10.9 Å². The molecule has 1 unspecified atom stereocenters. The minimum absolute atomic E-state index is 0.272. The number of benzene rings is 5. The lowest BCUT2D eigenvalue weighted by atomic mass is 10.3. The lowest BCUT2D eigenvalue weighted by molar-refractivity contribution is 0.480. The molecule has 0 amide bonds. The highest BCUT2D eigenvalue weighted by molar-refractivity contribution is 14.1. The molecular weight excluding hydrogens is 589 g/mol. The van der Waals surface area contributed by atoms with Crippen LogP contribution in [0.15, 0.2) is 136 Å². The van der Waals surface area contributed by atoms with Crippen LogP contribution in [0, 0.1) is 15.2 Å². The van der Waals surface area contributed by atoms with Gasteiger partial charge in [-0.05, 0) is 144 Å². The zero-order valence-electron chi connectivity index (χ0n) is 18.9. The molecule has 5 rings (SSSR count). The summed E-state index contributed by atoms with van der Waals surface area (Å²) < 4.78 is 39.8. The van der Waals surface area contributed by atoms with Crippen LogP contribution in [0.2, 0.25) is 0 Å². The van der Waals surface area contributed by atoms with Crippen LogP contribution in [0.3, 0.4) is 0 Å². The molecule has 5 aromatic rings. The molecule has 0 saturated heterocycles. The minimum Gasteiger partial charge on any atom is -0.457 e. The summed E-state index contributed by atoms with van der Waals surface area (Å²) in [5.74, 6) is 2.14. The van der Waals surface area contributed by atoms with Gasteiger partial charge in [0.1, 0.15) is 34.6 Å². The van der Waals surface area contributed by atoms with Crippen molar-refractivity contribution in [3.05, 3.63) is 137 Å². The Hall–Kier alpha value is -3.36. The summed E-state index contributed by atoms with van der Waals surface area (Å²) in [6, 6.07) is 36.1. The molecule has 0 bridgehead atoms. The molecule has 6 heteroatoms. The van der Waals surface area contributed by atoms with Crippen molar-refractivity contribution in [1.29, 1.82) is 0 Å². The zero-order chi connectivity index (χ0) is 24.9. The van der Waals surface area contributed by atoms with Crippen molar-refractivity contribution in [1.82, 2.24) is 0 Å². The van der Waals surface area contributed by atoms with Crippen LogP contribution in [0.1, 0.15) is 0 Å². The van der Waals surface area contributed by atoms with Crippen molar-refractivity contribution in [2.45, 2.75) is 14.7 Å². The Kier molecular flexibility index (Phi) is 7.53. The number of halogens is 3. The van der Waals surface area contributed by atoms with Gasteiger partial charge in [0, 0.05) is 3.57 Å². The molecule has 0 aliphatic carbocycles. The van der Waals surface area contributed by atoms with Crippen molar-refractivity contribution in [2.24, 2.45) is 0 Å². The molecule has 0 heterocycles. The number of rotatable bonds is 7. The van der Waals surface area contributed by atoms with Gasteiger partial charge >= 0.3 is 0 Å². The van der Waals surface area contributed by atoms with Gasteiger partial charge in [0.2, 0.25) is 0 Å². The van der Waals surface area contributed by atoms with Gasteiger partial charge in [-0.1, -0.05) is 0 Å². The van der Waals surface area contributed by atoms with Gasteiger partial charge < -0.3 is 9.47 Å². The van der Waals surface area contributed by atoms with E-state index < -0.39 is 10.9 Å². The average Bonchev–Trinajstić information content (AvgIpc) is 2.90. The van der Waals surface area contributed by atoms with E-state index >= 15 is 0 Å². The van der Waals surface area contributed by atoms with E-state index in [1.165, 1.54) is 24.3 Å². The van der Waals surface area contributed by atoms with Gasteiger partial charge in [-0.2, -0.15) is 0 Å². The molecule has 0 aliphatic heterocycles. The maximum absolute atomic E-state index is 13.7.